The Hall–Kier alpha value is -2.06. The molecule has 0 radical (unpaired) electrons. The lowest BCUT2D eigenvalue weighted by molar-refractivity contribution is 0.0487. The van der Waals surface area contributed by atoms with Crippen LogP contribution < -0.4 is 10.9 Å². The summed E-state index contributed by atoms with van der Waals surface area (Å²) in [5, 5.41) is 4.77. The van der Waals surface area contributed by atoms with Gasteiger partial charge in [-0.1, -0.05) is 30.3 Å². The molecule has 0 spiro atoms. The summed E-state index contributed by atoms with van der Waals surface area (Å²) < 4.78 is 13.1. The van der Waals surface area contributed by atoms with E-state index in [1.54, 1.807) is 22.2 Å². The maximum Gasteiger partial charge on any atom is 0.262 e. The van der Waals surface area contributed by atoms with Crippen molar-refractivity contribution >= 4 is 21.6 Å². The van der Waals surface area contributed by atoms with Crippen LogP contribution in [0.4, 0.5) is 0 Å². The van der Waals surface area contributed by atoms with Crippen LogP contribution in [0, 0.1) is 0 Å². The van der Waals surface area contributed by atoms with Crippen LogP contribution in [-0.2, 0) is 34.3 Å². The third kappa shape index (κ3) is 5.38. The number of nitrogens with one attached hydrogen (secondary N) is 1. The van der Waals surface area contributed by atoms with Crippen LogP contribution in [0.25, 0.3) is 10.2 Å². The molecule has 188 valence electrons. The molecule has 5 rings (SSSR count). The van der Waals surface area contributed by atoms with E-state index in [1.165, 1.54) is 16.0 Å². The molecule has 1 aliphatic carbocycles. The molecule has 3 aromatic rings. The van der Waals surface area contributed by atoms with Crippen LogP contribution in [0.3, 0.4) is 0 Å². The maximum atomic E-state index is 13.3. The molecule has 0 amide bonds. The Kier molecular flexibility index (Phi) is 7.68. The number of hydrogen-bond donors (Lipinski definition) is 1. The normalized spacial score (nSPS) is 19.8. The van der Waals surface area contributed by atoms with Gasteiger partial charge in [-0.25, -0.2) is 4.98 Å². The molecular formula is C28H37N3O3S. The van der Waals surface area contributed by atoms with Gasteiger partial charge in [-0.15, -0.1) is 11.3 Å². The van der Waals surface area contributed by atoms with Gasteiger partial charge < -0.3 is 14.8 Å². The van der Waals surface area contributed by atoms with Crippen molar-refractivity contribution in [1.29, 1.82) is 0 Å². The van der Waals surface area contributed by atoms with Crippen molar-refractivity contribution in [3.8, 4) is 0 Å². The van der Waals surface area contributed by atoms with E-state index < -0.39 is 0 Å². The molecule has 35 heavy (non-hydrogen) atoms. The first-order valence-corrected chi connectivity index (χ1v) is 13.9. The Bertz CT molecular complexity index is 1180. The fourth-order valence-corrected chi connectivity index (χ4v) is 6.81. The number of aryl methyl sites for hydroxylation is 2. The minimum atomic E-state index is 0.105. The Labute approximate surface area is 211 Å². The molecule has 1 saturated heterocycles. The molecule has 1 fully saturated rings. The smallest absolute Gasteiger partial charge is 0.262 e. The van der Waals surface area contributed by atoms with Gasteiger partial charge in [0, 0.05) is 49.2 Å². The summed E-state index contributed by atoms with van der Waals surface area (Å²) >= 11 is 1.71. The SMILES string of the molecule is CC(C)OCCCn1cnc2sc3c(c2c1=O)CCC(NCC1(c2ccccc2)CCOCC1)C3. The van der Waals surface area contributed by atoms with Crippen molar-refractivity contribution < 1.29 is 9.47 Å². The number of rotatable bonds is 9. The number of ether oxygens (including phenoxy) is 2. The van der Waals surface area contributed by atoms with Gasteiger partial charge in [0.1, 0.15) is 4.83 Å². The fraction of sp³-hybridized carbons (Fsp3) is 0.571. The first kappa shape index (κ1) is 24.6. The molecule has 6 nitrogen and oxygen atoms in total. The highest BCUT2D eigenvalue weighted by atomic mass is 32.1. The monoisotopic (exact) mass is 495 g/mol. The number of nitrogens with zero attached hydrogens (tertiary/aromatic N) is 2. The van der Waals surface area contributed by atoms with E-state index in [2.05, 4.69) is 40.6 Å². The van der Waals surface area contributed by atoms with Crippen LogP contribution in [0.15, 0.2) is 41.5 Å². The second kappa shape index (κ2) is 10.9. The fourth-order valence-electron chi connectivity index (χ4n) is 5.55. The van der Waals surface area contributed by atoms with Crippen LogP contribution in [0.2, 0.25) is 0 Å². The molecule has 1 aliphatic heterocycles. The molecule has 1 aromatic carbocycles. The lowest BCUT2D eigenvalue weighted by atomic mass is 9.74. The summed E-state index contributed by atoms with van der Waals surface area (Å²) in [5.41, 5.74) is 2.89. The van der Waals surface area contributed by atoms with E-state index in [0.717, 1.165) is 68.5 Å². The van der Waals surface area contributed by atoms with Crippen molar-refractivity contribution in [3.63, 3.8) is 0 Å². The largest absolute Gasteiger partial charge is 0.381 e. The molecular weight excluding hydrogens is 458 g/mol. The number of thiophene rings is 1. The highest BCUT2D eigenvalue weighted by molar-refractivity contribution is 7.18. The second-order valence-corrected chi connectivity index (χ2v) is 11.4. The van der Waals surface area contributed by atoms with E-state index >= 15 is 0 Å². The standard InChI is InChI=1S/C28H37N3O3S/c1-20(2)34-14-6-13-31-19-30-26-25(27(31)32)23-10-9-22(17-24(23)35-26)29-18-28(11-15-33-16-12-28)21-7-4-3-5-8-21/h3-5,7-8,19-20,22,29H,6,9-18H2,1-2H3. The van der Waals surface area contributed by atoms with E-state index in [-0.39, 0.29) is 17.1 Å². The highest BCUT2D eigenvalue weighted by Crippen LogP contribution is 2.36. The lowest BCUT2D eigenvalue weighted by Gasteiger charge is -2.39. The molecule has 2 aliphatic rings. The molecule has 0 saturated carbocycles. The average Bonchev–Trinajstić information content (AvgIpc) is 3.26. The van der Waals surface area contributed by atoms with Gasteiger partial charge in [-0.3, -0.25) is 9.36 Å². The summed E-state index contributed by atoms with van der Waals surface area (Å²) in [5.74, 6) is 0. The Morgan fingerprint density at radius 2 is 2.06 bits per heavy atom. The van der Waals surface area contributed by atoms with Crippen LogP contribution in [0.5, 0.6) is 0 Å². The zero-order valence-corrected chi connectivity index (χ0v) is 21.7. The van der Waals surface area contributed by atoms with Gasteiger partial charge in [0.2, 0.25) is 0 Å². The Balaban J connectivity index is 1.28. The van der Waals surface area contributed by atoms with Gasteiger partial charge in [0.05, 0.1) is 17.8 Å². The summed E-state index contributed by atoms with van der Waals surface area (Å²) in [7, 11) is 0. The van der Waals surface area contributed by atoms with Gasteiger partial charge >= 0.3 is 0 Å². The first-order chi connectivity index (χ1) is 17.1. The van der Waals surface area contributed by atoms with Crippen molar-refractivity contribution in [2.45, 2.75) is 76.5 Å². The predicted octanol–water partition coefficient (Wildman–Crippen LogP) is 4.47. The van der Waals surface area contributed by atoms with E-state index in [9.17, 15) is 4.79 Å². The second-order valence-electron chi connectivity index (χ2n) is 10.3. The molecule has 7 heteroatoms. The van der Waals surface area contributed by atoms with Gasteiger partial charge in [-0.2, -0.15) is 0 Å². The van der Waals surface area contributed by atoms with E-state index in [4.69, 9.17) is 9.47 Å². The van der Waals surface area contributed by atoms with E-state index in [1.807, 2.05) is 13.8 Å². The van der Waals surface area contributed by atoms with Gasteiger partial charge in [-0.05, 0) is 63.5 Å². The van der Waals surface area contributed by atoms with Crippen molar-refractivity contribution in [2.24, 2.45) is 0 Å². The van der Waals surface area contributed by atoms with Crippen molar-refractivity contribution in [3.05, 3.63) is 63.0 Å². The maximum absolute atomic E-state index is 13.3. The number of benzene rings is 1. The van der Waals surface area contributed by atoms with Crippen LogP contribution in [-0.4, -0.2) is 48.1 Å². The summed E-state index contributed by atoms with van der Waals surface area (Å²) in [6, 6.07) is 11.3. The number of fused-ring (bicyclic) bond motifs is 3. The first-order valence-electron chi connectivity index (χ1n) is 13.0. The van der Waals surface area contributed by atoms with Gasteiger partial charge in [0.25, 0.3) is 5.56 Å². The zero-order chi connectivity index (χ0) is 24.3. The van der Waals surface area contributed by atoms with Gasteiger partial charge in [0.15, 0.2) is 0 Å². The number of hydrogen-bond acceptors (Lipinski definition) is 6. The molecule has 1 atom stereocenters. The minimum absolute atomic E-state index is 0.105. The molecule has 3 heterocycles. The third-order valence-electron chi connectivity index (χ3n) is 7.60. The van der Waals surface area contributed by atoms with Crippen molar-refractivity contribution in [2.75, 3.05) is 26.4 Å². The number of aromatic nitrogens is 2. The summed E-state index contributed by atoms with van der Waals surface area (Å²) in [4.78, 5) is 20.1. The predicted molar refractivity (Wildman–Crippen MR) is 142 cm³/mol. The summed E-state index contributed by atoms with van der Waals surface area (Å²) in [6.45, 7) is 7.99. The molecule has 2 aromatic heterocycles. The minimum Gasteiger partial charge on any atom is -0.381 e. The third-order valence-corrected chi connectivity index (χ3v) is 8.76. The quantitative estimate of drug-likeness (QED) is 0.444. The molecule has 0 bridgehead atoms. The Morgan fingerprint density at radius 3 is 2.83 bits per heavy atom. The molecule has 1 unspecified atom stereocenters. The van der Waals surface area contributed by atoms with Crippen LogP contribution in [0.1, 0.15) is 55.5 Å². The lowest BCUT2D eigenvalue weighted by Crippen LogP contribution is -2.47. The average molecular weight is 496 g/mol. The van der Waals surface area contributed by atoms with Crippen LogP contribution >= 0.6 is 11.3 Å². The van der Waals surface area contributed by atoms with Crippen molar-refractivity contribution in [1.82, 2.24) is 14.9 Å². The topological polar surface area (TPSA) is 65.4 Å². The van der Waals surface area contributed by atoms with E-state index in [0.29, 0.717) is 19.2 Å². The Morgan fingerprint density at radius 1 is 1.26 bits per heavy atom. The molecule has 1 N–H and O–H groups in total. The zero-order valence-electron chi connectivity index (χ0n) is 20.9. The summed E-state index contributed by atoms with van der Waals surface area (Å²) in [6.07, 6.45) is 7.81. The highest BCUT2D eigenvalue weighted by Gasteiger charge is 2.35.